The van der Waals surface area contributed by atoms with Gasteiger partial charge in [-0.05, 0) is 42.0 Å². The lowest BCUT2D eigenvalue weighted by atomic mass is 10.3. The molecule has 2 aromatic rings. The number of aryl methyl sites for hydroxylation is 1. The van der Waals surface area contributed by atoms with Gasteiger partial charge in [-0.3, -0.25) is 0 Å². The molecule has 0 amide bonds. The van der Waals surface area contributed by atoms with E-state index in [1.54, 1.807) is 11.7 Å². The van der Waals surface area contributed by atoms with Gasteiger partial charge in [0.2, 0.25) is 5.16 Å². The van der Waals surface area contributed by atoms with Crippen LogP contribution in [0.3, 0.4) is 0 Å². The van der Waals surface area contributed by atoms with E-state index in [1.165, 1.54) is 11.8 Å². The van der Waals surface area contributed by atoms with Gasteiger partial charge >= 0.3 is 0 Å². The third-order valence-electron chi connectivity index (χ3n) is 2.97. The highest BCUT2D eigenvalue weighted by Gasteiger charge is 2.28. The zero-order chi connectivity index (χ0) is 13.4. The summed E-state index contributed by atoms with van der Waals surface area (Å²) in [6.07, 6.45) is 2.28. The highest BCUT2D eigenvalue weighted by Crippen LogP contribution is 2.40. The first-order valence-electron chi connectivity index (χ1n) is 5.94. The van der Waals surface area contributed by atoms with Gasteiger partial charge in [-0.15, -0.1) is 5.10 Å². The van der Waals surface area contributed by atoms with Crippen molar-refractivity contribution in [2.75, 3.05) is 5.43 Å². The topological polar surface area (TPSA) is 107 Å². The van der Waals surface area contributed by atoms with Gasteiger partial charge in [0.1, 0.15) is 16.7 Å². The van der Waals surface area contributed by atoms with Gasteiger partial charge in [0.25, 0.3) is 0 Å². The SMILES string of the molecule is Cc1c(NN)nc(C2CC2)nc1Sc1nnnn1C. The minimum absolute atomic E-state index is 0.463. The number of rotatable bonds is 4. The largest absolute Gasteiger partial charge is 0.308 e. The number of hydrogen-bond acceptors (Lipinski definition) is 8. The summed E-state index contributed by atoms with van der Waals surface area (Å²) in [6, 6.07) is 0. The predicted molar refractivity (Wildman–Crippen MR) is 69.5 cm³/mol. The van der Waals surface area contributed by atoms with Gasteiger partial charge in [0.15, 0.2) is 0 Å². The maximum atomic E-state index is 5.52. The number of tetrazole rings is 1. The Hall–Kier alpha value is -1.74. The maximum Gasteiger partial charge on any atom is 0.215 e. The standard InChI is InChI=1S/C10H14N8S/c1-5-7(14-11)12-8(6-3-4-6)13-9(5)19-10-15-16-17-18(10)2/h6H,3-4,11H2,1-2H3,(H,12,13,14). The summed E-state index contributed by atoms with van der Waals surface area (Å²) in [5.74, 6) is 7.49. The number of hydrazine groups is 1. The van der Waals surface area contributed by atoms with E-state index in [0.717, 1.165) is 29.3 Å². The minimum atomic E-state index is 0.463. The minimum Gasteiger partial charge on any atom is -0.308 e. The molecule has 2 aromatic heterocycles. The molecule has 0 unspecified atom stereocenters. The molecule has 0 bridgehead atoms. The molecular weight excluding hydrogens is 264 g/mol. The van der Waals surface area contributed by atoms with Crippen LogP contribution in [0.5, 0.6) is 0 Å². The van der Waals surface area contributed by atoms with Crippen LogP contribution in [0, 0.1) is 6.92 Å². The number of nitrogen functional groups attached to an aromatic ring is 1. The van der Waals surface area contributed by atoms with Crippen molar-refractivity contribution < 1.29 is 0 Å². The fraction of sp³-hybridized carbons (Fsp3) is 0.500. The number of anilines is 1. The predicted octanol–water partition coefficient (Wildman–Crippen LogP) is 0.623. The van der Waals surface area contributed by atoms with Crippen molar-refractivity contribution in [1.29, 1.82) is 0 Å². The number of aromatic nitrogens is 6. The van der Waals surface area contributed by atoms with Gasteiger partial charge in [-0.25, -0.2) is 20.5 Å². The van der Waals surface area contributed by atoms with E-state index in [1.807, 2.05) is 6.92 Å². The Balaban J connectivity index is 1.99. The molecule has 1 aliphatic rings. The fourth-order valence-corrected chi connectivity index (χ4v) is 2.48. The van der Waals surface area contributed by atoms with Crippen molar-refractivity contribution in [1.82, 2.24) is 30.2 Å². The first-order valence-corrected chi connectivity index (χ1v) is 6.76. The molecule has 3 N–H and O–H groups in total. The molecule has 9 heteroatoms. The van der Waals surface area contributed by atoms with Crippen molar-refractivity contribution in [2.24, 2.45) is 12.9 Å². The molecule has 0 spiro atoms. The van der Waals surface area contributed by atoms with E-state index in [9.17, 15) is 0 Å². The van der Waals surface area contributed by atoms with Crippen molar-refractivity contribution in [3.63, 3.8) is 0 Å². The van der Waals surface area contributed by atoms with E-state index in [0.29, 0.717) is 16.9 Å². The summed E-state index contributed by atoms with van der Waals surface area (Å²) < 4.78 is 1.61. The lowest BCUT2D eigenvalue weighted by Crippen LogP contribution is -2.13. The Morgan fingerprint density at radius 2 is 2.16 bits per heavy atom. The first-order chi connectivity index (χ1) is 9.19. The molecule has 0 atom stereocenters. The fourth-order valence-electron chi connectivity index (χ4n) is 1.67. The van der Waals surface area contributed by atoms with Crippen LogP contribution in [0.2, 0.25) is 0 Å². The Morgan fingerprint density at radius 3 is 2.74 bits per heavy atom. The van der Waals surface area contributed by atoms with Gasteiger partial charge < -0.3 is 5.43 Å². The summed E-state index contributed by atoms with van der Waals surface area (Å²) in [5, 5.41) is 12.9. The summed E-state index contributed by atoms with van der Waals surface area (Å²) >= 11 is 1.42. The molecule has 0 aliphatic heterocycles. The van der Waals surface area contributed by atoms with Gasteiger partial charge in [-0.2, -0.15) is 0 Å². The Labute approximate surface area is 114 Å². The second-order valence-electron chi connectivity index (χ2n) is 4.47. The molecule has 19 heavy (non-hydrogen) atoms. The van der Waals surface area contributed by atoms with Crippen LogP contribution in [0.4, 0.5) is 5.82 Å². The monoisotopic (exact) mass is 278 g/mol. The van der Waals surface area contributed by atoms with E-state index in [-0.39, 0.29) is 0 Å². The van der Waals surface area contributed by atoms with Crippen LogP contribution in [0.15, 0.2) is 10.2 Å². The zero-order valence-electron chi connectivity index (χ0n) is 10.7. The summed E-state index contributed by atoms with van der Waals surface area (Å²) in [6.45, 7) is 1.93. The third-order valence-corrected chi connectivity index (χ3v) is 4.09. The van der Waals surface area contributed by atoms with Crippen molar-refractivity contribution >= 4 is 17.6 Å². The molecular formula is C10H14N8S. The highest BCUT2D eigenvalue weighted by atomic mass is 32.2. The van der Waals surface area contributed by atoms with Crippen LogP contribution in [0.25, 0.3) is 0 Å². The van der Waals surface area contributed by atoms with Crippen LogP contribution in [-0.2, 0) is 7.05 Å². The molecule has 1 fully saturated rings. The zero-order valence-corrected chi connectivity index (χ0v) is 11.5. The summed E-state index contributed by atoms with van der Waals surface area (Å²) in [7, 11) is 1.79. The van der Waals surface area contributed by atoms with E-state index in [2.05, 4.69) is 30.9 Å². The number of nitrogens with zero attached hydrogens (tertiary/aromatic N) is 6. The number of nitrogens with two attached hydrogens (primary N) is 1. The van der Waals surface area contributed by atoms with E-state index >= 15 is 0 Å². The highest BCUT2D eigenvalue weighted by molar-refractivity contribution is 7.99. The molecule has 8 nitrogen and oxygen atoms in total. The molecule has 0 aromatic carbocycles. The second kappa shape index (κ2) is 4.74. The smallest absolute Gasteiger partial charge is 0.215 e. The normalized spacial score (nSPS) is 14.7. The third kappa shape index (κ3) is 2.38. The molecule has 1 saturated carbocycles. The summed E-state index contributed by atoms with van der Waals surface area (Å²) in [4.78, 5) is 9.05. The maximum absolute atomic E-state index is 5.52. The molecule has 1 aliphatic carbocycles. The van der Waals surface area contributed by atoms with E-state index in [4.69, 9.17) is 5.84 Å². The number of nitrogens with one attached hydrogen (secondary N) is 1. The Kier molecular flexibility index (Phi) is 3.07. The molecule has 0 radical (unpaired) electrons. The average Bonchev–Trinajstić information content (AvgIpc) is 3.17. The summed E-state index contributed by atoms with van der Waals surface area (Å²) in [5.41, 5.74) is 3.53. The van der Waals surface area contributed by atoms with Crippen LogP contribution in [-0.4, -0.2) is 30.2 Å². The molecule has 0 saturated heterocycles. The quantitative estimate of drug-likeness (QED) is 0.476. The number of hydrogen-bond donors (Lipinski definition) is 2. The van der Waals surface area contributed by atoms with Crippen LogP contribution in [0.1, 0.15) is 30.1 Å². The lowest BCUT2D eigenvalue weighted by molar-refractivity contribution is 0.664. The van der Waals surface area contributed by atoms with E-state index < -0.39 is 0 Å². The molecule has 2 heterocycles. The second-order valence-corrected chi connectivity index (χ2v) is 5.42. The van der Waals surface area contributed by atoms with Crippen molar-refractivity contribution in [3.8, 4) is 0 Å². The van der Waals surface area contributed by atoms with Crippen molar-refractivity contribution in [2.45, 2.75) is 35.9 Å². The van der Waals surface area contributed by atoms with Crippen LogP contribution < -0.4 is 11.3 Å². The average molecular weight is 278 g/mol. The van der Waals surface area contributed by atoms with Gasteiger partial charge in [-0.1, -0.05) is 0 Å². The molecule has 100 valence electrons. The van der Waals surface area contributed by atoms with Gasteiger partial charge in [0.05, 0.1) is 0 Å². The van der Waals surface area contributed by atoms with Gasteiger partial charge in [0, 0.05) is 18.5 Å². The van der Waals surface area contributed by atoms with Crippen molar-refractivity contribution in [3.05, 3.63) is 11.4 Å². The first kappa shape index (κ1) is 12.3. The lowest BCUT2D eigenvalue weighted by Gasteiger charge is -2.10. The van der Waals surface area contributed by atoms with Crippen LogP contribution >= 0.6 is 11.8 Å². The Bertz CT molecular complexity index is 606. The molecule has 3 rings (SSSR count). The Morgan fingerprint density at radius 1 is 1.37 bits per heavy atom.